The van der Waals surface area contributed by atoms with Crippen LogP contribution in [0.4, 0.5) is 11.4 Å². The van der Waals surface area contributed by atoms with E-state index in [0.717, 1.165) is 9.88 Å². The van der Waals surface area contributed by atoms with E-state index in [2.05, 4.69) is 4.98 Å². The Kier molecular flexibility index (Phi) is 4.41. The normalized spacial score (nSPS) is 10.5. The maximum atomic E-state index is 12.5. The van der Waals surface area contributed by atoms with E-state index in [9.17, 15) is 14.9 Å². The summed E-state index contributed by atoms with van der Waals surface area (Å²) in [5.74, 6) is -0.352. The number of carbonyl (C=O) groups is 1. The molecule has 0 bridgehead atoms. The second-order valence-corrected chi connectivity index (χ2v) is 6.33. The number of nitrogens with two attached hydrogens (primary N) is 1. The van der Waals surface area contributed by atoms with Gasteiger partial charge in [0.2, 0.25) is 0 Å². The molecule has 1 heterocycles. The summed E-state index contributed by atoms with van der Waals surface area (Å²) >= 11 is 1.50. The highest BCUT2D eigenvalue weighted by atomic mass is 32.1. The molecule has 0 fully saturated rings. The van der Waals surface area contributed by atoms with Crippen LogP contribution in [0.15, 0.2) is 18.3 Å². The Bertz CT molecular complexity index is 742. The number of nitrogens with zero attached hydrogens (tertiary/aromatic N) is 3. The van der Waals surface area contributed by atoms with Crippen molar-refractivity contribution in [3.63, 3.8) is 0 Å². The Morgan fingerprint density at radius 2 is 2.14 bits per heavy atom. The van der Waals surface area contributed by atoms with Crippen LogP contribution in [0, 0.1) is 24.0 Å². The van der Waals surface area contributed by atoms with Crippen molar-refractivity contribution in [2.24, 2.45) is 0 Å². The van der Waals surface area contributed by atoms with Gasteiger partial charge >= 0.3 is 0 Å². The number of nitrogen functional groups attached to an aromatic ring is 1. The molecule has 116 valence electrons. The van der Waals surface area contributed by atoms with Gasteiger partial charge in [-0.05, 0) is 25.5 Å². The zero-order valence-corrected chi connectivity index (χ0v) is 13.3. The first-order chi connectivity index (χ1) is 10.3. The highest BCUT2D eigenvalue weighted by Gasteiger charge is 2.23. The second-order valence-electron chi connectivity index (χ2n) is 5.01. The Morgan fingerprint density at radius 3 is 2.68 bits per heavy atom. The monoisotopic (exact) mass is 320 g/mol. The van der Waals surface area contributed by atoms with Crippen molar-refractivity contribution in [2.75, 3.05) is 12.8 Å². The molecule has 2 N–H and O–H groups in total. The van der Waals surface area contributed by atoms with Gasteiger partial charge in [0.25, 0.3) is 11.6 Å². The second kappa shape index (κ2) is 6.10. The van der Waals surface area contributed by atoms with Gasteiger partial charge in [-0.1, -0.05) is 0 Å². The zero-order valence-electron chi connectivity index (χ0n) is 12.5. The molecule has 0 aliphatic rings. The van der Waals surface area contributed by atoms with Crippen molar-refractivity contribution in [1.82, 2.24) is 9.88 Å². The number of aryl methyl sites for hydroxylation is 2. The number of rotatable bonds is 4. The average Bonchev–Trinajstić information content (AvgIpc) is 2.85. The van der Waals surface area contributed by atoms with Crippen molar-refractivity contribution in [3.05, 3.63) is 49.5 Å². The summed E-state index contributed by atoms with van der Waals surface area (Å²) in [6.45, 7) is 3.96. The molecule has 0 radical (unpaired) electrons. The molecule has 0 spiro atoms. The van der Waals surface area contributed by atoms with E-state index in [4.69, 9.17) is 5.73 Å². The lowest BCUT2D eigenvalue weighted by Crippen LogP contribution is -2.27. The molecule has 1 aromatic heterocycles. The van der Waals surface area contributed by atoms with Crippen molar-refractivity contribution in [1.29, 1.82) is 0 Å². The van der Waals surface area contributed by atoms with Crippen LogP contribution in [-0.2, 0) is 6.54 Å². The summed E-state index contributed by atoms with van der Waals surface area (Å²) in [5.41, 5.74) is 6.21. The maximum absolute atomic E-state index is 12.5. The lowest BCUT2D eigenvalue weighted by atomic mass is 10.1. The largest absolute Gasteiger partial charge is 0.393 e. The Balaban J connectivity index is 2.30. The molecule has 7 nitrogen and oxygen atoms in total. The third kappa shape index (κ3) is 3.22. The van der Waals surface area contributed by atoms with E-state index < -0.39 is 4.92 Å². The Morgan fingerprint density at radius 1 is 1.45 bits per heavy atom. The molecule has 1 amide bonds. The van der Waals surface area contributed by atoms with Crippen molar-refractivity contribution in [2.45, 2.75) is 20.4 Å². The molecular weight excluding hydrogens is 304 g/mol. The van der Waals surface area contributed by atoms with Gasteiger partial charge in [0.15, 0.2) is 0 Å². The van der Waals surface area contributed by atoms with Crippen LogP contribution in [0.3, 0.4) is 0 Å². The van der Waals surface area contributed by atoms with Gasteiger partial charge in [-0.2, -0.15) is 0 Å². The van der Waals surface area contributed by atoms with Crippen LogP contribution >= 0.6 is 11.3 Å². The summed E-state index contributed by atoms with van der Waals surface area (Å²) < 4.78 is 0. The van der Waals surface area contributed by atoms with Crippen LogP contribution in [-0.4, -0.2) is 27.8 Å². The molecule has 22 heavy (non-hydrogen) atoms. The molecule has 0 aliphatic heterocycles. The topological polar surface area (TPSA) is 102 Å². The number of amides is 1. The van der Waals surface area contributed by atoms with Crippen molar-refractivity contribution >= 4 is 28.6 Å². The lowest BCUT2D eigenvalue weighted by Gasteiger charge is -2.17. The number of nitro groups is 1. The third-order valence-electron chi connectivity index (χ3n) is 3.14. The van der Waals surface area contributed by atoms with Crippen LogP contribution in [0.2, 0.25) is 0 Å². The molecule has 0 unspecified atom stereocenters. The number of nitro benzene ring substituents is 1. The van der Waals surface area contributed by atoms with Crippen molar-refractivity contribution in [3.8, 4) is 0 Å². The number of hydrogen-bond acceptors (Lipinski definition) is 6. The predicted molar refractivity (Wildman–Crippen MR) is 84.9 cm³/mol. The third-order valence-corrected chi connectivity index (χ3v) is 4.04. The van der Waals surface area contributed by atoms with Crippen LogP contribution < -0.4 is 5.73 Å². The quantitative estimate of drug-likeness (QED) is 0.530. The Labute approximate surface area is 131 Å². The van der Waals surface area contributed by atoms with Gasteiger partial charge in [-0.25, -0.2) is 4.98 Å². The minimum absolute atomic E-state index is 0.104. The van der Waals surface area contributed by atoms with Crippen LogP contribution in [0.25, 0.3) is 0 Å². The zero-order chi connectivity index (χ0) is 16.4. The summed E-state index contributed by atoms with van der Waals surface area (Å²) in [6.07, 6.45) is 1.71. The highest BCUT2D eigenvalue weighted by molar-refractivity contribution is 7.11. The fourth-order valence-electron chi connectivity index (χ4n) is 2.10. The van der Waals surface area contributed by atoms with Gasteiger partial charge in [-0.3, -0.25) is 14.9 Å². The molecule has 0 saturated carbocycles. The number of hydrogen-bond donors (Lipinski definition) is 1. The van der Waals surface area contributed by atoms with E-state index in [1.807, 2.05) is 6.92 Å². The van der Waals surface area contributed by atoms with Gasteiger partial charge in [0, 0.05) is 24.2 Å². The fourth-order valence-corrected chi connectivity index (χ4v) is 2.94. The van der Waals surface area contributed by atoms with E-state index in [0.29, 0.717) is 12.1 Å². The van der Waals surface area contributed by atoms with Crippen LogP contribution in [0.5, 0.6) is 0 Å². The minimum Gasteiger partial charge on any atom is -0.393 e. The standard InChI is InChI=1S/C14H16N4O3S/c1-8-4-11(13(15)12(5-8)18(20)21)14(19)17(3)7-10-6-16-9(2)22-10/h4-6H,7,15H2,1-3H3. The molecule has 8 heteroatoms. The number of anilines is 1. The first-order valence-corrected chi connectivity index (χ1v) is 7.32. The predicted octanol–water partition coefficient (Wildman–Crippen LogP) is 2.52. The van der Waals surface area contributed by atoms with E-state index in [-0.39, 0.29) is 22.8 Å². The first kappa shape index (κ1) is 15.9. The number of benzene rings is 1. The summed E-state index contributed by atoms with van der Waals surface area (Å²) in [7, 11) is 1.63. The summed E-state index contributed by atoms with van der Waals surface area (Å²) in [6, 6.07) is 2.93. The molecule has 2 aromatic rings. The summed E-state index contributed by atoms with van der Waals surface area (Å²) in [4.78, 5) is 29.5. The molecule has 0 aliphatic carbocycles. The van der Waals surface area contributed by atoms with E-state index >= 15 is 0 Å². The summed E-state index contributed by atoms with van der Waals surface area (Å²) in [5, 5.41) is 11.9. The van der Waals surface area contributed by atoms with Crippen LogP contribution in [0.1, 0.15) is 25.8 Å². The lowest BCUT2D eigenvalue weighted by molar-refractivity contribution is -0.384. The number of carbonyl (C=O) groups excluding carboxylic acids is 1. The number of aromatic nitrogens is 1. The smallest absolute Gasteiger partial charge is 0.293 e. The molecular formula is C14H16N4O3S. The highest BCUT2D eigenvalue weighted by Crippen LogP contribution is 2.28. The first-order valence-electron chi connectivity index (χ1n) is 6.51. The molecule has 0 atom stereocenters. The van der Waals surface area contributed by atoms with Gasteiger partial charge in [-0.15, -0.1) is 11.3 Å². The minimum atomic E-state index is -0.578. The van der Waals surface area contributed by atoms with Crippen molar-refractivity contribution < 1.29 is 9.72 Å². The van der Waals surface area contributed by atoms with Gasteiger partial charge in [0.05, 0.1) is 22.0 Å². The molecule has 1 aromatic carbocycles. The molecule has 0 saturated heterocycles. The number of thiazole rings is 1. The Hall–Kier alpha value is -2.48. The van der Waals surface area contributed by atoms with E-state index in [1.54, 1.807) is 26.2 Å². The molecule has 2 rings (SSSR count). The van der Waals surface area contributed by atoms with Gasteiger partial charge < -0.3 is 10.6 Å². The van der Waals surface area contributed by atoms with E-state index in [1.165, 1.54) is 22.3 Å². The average molecular weight is 320 g/mol. The SMILES string of the molecule is Cc1cc(C(=O)N(C)Cc2cnc(C)s2)c(N)c([N+](=O)[O-])c1. The van der Waals surface area contributed by atoms with Gasteiger partial charge in [0.1, 0.15) is 5.69 Å². The fraction of sp³-hybridized carbons (Fsp3) is 0.286. The maximum Gasteiger partial charge on any atom is 0.293 e.